The standard InChI is InChI=1S/C13H18N2OS3/c1-3-4-7-15-12(16)10(19-13(15)17)5-6-11-14(2)8-9-18-11/h5-6H,3-4,7-9H2,1-2H3/b10-5-,11-6-. The van der Waals surface area contributed by atoms with Crippen LogP contribution in [-0.2, 0) is 4.79 Å². The van der Waals surface area contributed by atoms with Gasteiger partial charge in [-0.2, -0.15) is 0 Å². The minimum atomic E-state index is 0.0611. The fourth-order valence-corrected chi connectivity index (χ4v) is 4.15. The van der Waals surface area contributed by atoms with E-state index in [1.165, 1.54) is 16.8 Å². The lowest BCUT2D eigenvalue weighted by molar-refractivity contribution is -0.122. The average molecular weight is 315 g/mol. The van der Waals surface area contributed by atoms with Crippen molar-refractivity contribution in [3.05, 3.63) is 22.1 Å². The quantitative estimate of drug-likeness (QED) is 0.586. The Morgan fingerprint density at radius 1 is 1.42 bits per heavy atom. The van der Waals surface area contributed by atoms with Crippen molar-refractivity contribution in [1.29, 1.82) is 0 Å². The van der Waals surface area contributed by atoms with Crippen LogP contribution in [0.1, 0.15) is 19.8 Å². The summed E-state index contributed by atoms with van der Waals surface area (Å²) in [7, 11) is 2.08. The third-order valence-corrected chi connectivity index (χ3v) is 5.57. The van der Waals surface area contributed by atoms with Crippen LogP contribution in [0.2, 0.25) is 0 Å². The molecule has 0 aromatic heterocycles. The molecule has 2 aliphatic rings. The van der Waals surface area contributed by atoms with Crippen molar-refractivity contribution >= 4 is 46.0 Å². The van der Waals surface area contributed by atoms with Gasteiger partial charge in [0.25, 0.3) is 5.91 Å². The highest BCUT2D eigenvalue weighted by molar-refractivity contribution is 8.26. The van der Waals surface area contributed by atoms with E-state index in [0.29, 0.717) is 4.32 Å². The third kappa shape index (κ3) is 3.55. The van der Waals surface area contributed by atoms with Crippen LogP contribution in [0.25, 0.3) is 0 Å². The van der Waals surface area contributed by atoms with E-state index in [0.717, 1.165) is 36.6 Å². The molecular weight excluding hydrogens is 296 g/mol. The Bertz CT molecular complexity index is 445. The Labute approximate surface area is 128 Å². The van der Waals surface area contributed by atoms with Crippen LogP contribution in [0.15, 0.2) is 22.1 Å². The van der Waals surface area contributed by atoms with Gasteiger partial charge in [-0.1, -0.05) is 37.3 Å². The minimum Gasteiger partial charge on any atom is -0.369 e. The zero-order valence-corrected chi connectivity index (χ0v) is 13.7. The van der Waals surface area contributed by atoms with Crippen LogP contribution in [0.5, 0.6) is 0 Å². The summed E-state index contributed by atoms with van der Waals surface area (Å²) in [6.07, 6.45) is 6.01. The molecule has 0 radical (unpaired) electrons. The monoisotopic (exact) mass is 314 g/mol. The van der Waals surface area contributed by atoms with Crippen molar-refractivity contribution in [2.24, 2.45) is 0 Å². The van der Waals surface area contributed by atoms with E-state index in [2.05, 4.69) is 18.9 Å². The summed E-state index contributed by atoms with van der Waals surface area (Å²) in [6, 6.07) is 0. The predicted molar refractivity (Wildman–Crippen MR) is 88.1 cm³/mol. The first-order chi connectivity index (χ1) is 9.13. The van der Waals surface area contributed by atoms with Crippen LogP contribution < -0.4 is 0 Å². The maximum Gasteiger partial charge on any atom is 0.266 e. The van der Waals surface area contributed by atoms with Crippen molar-refractivity contribution in [2.75, 3.05) is 25.9 Å². The molecular formula is C13H18N2OS3. The highest BCUT2D eigenvalue weighted by Gasteiger charge is 2.31. The van der Waals surface area contributed by atoms with Gasteiger partial charge < -0.3 is 4.90 Å². The fraction of sp³-hybridized carbons (Fsp3) is 0.538. The number of amides is 1. The molecule has 0 aromatic rings. The van der Waals surface area contributed by atoms with Crippen LogP contribution in [0, 0.1) is 0 Å². The molecule has 0 unspecified atom stereocenters. The summed E-state index contributed by atoms with van der Waals surface area (Å²) >= 11 is 8.51. The molecule has 0 spiro atoms. The van der Waals surface area contributed by atoms with Gasteiger partial charge in [0, 0.05) is 25.9 Å². The van der Waals surface area contributed by atoms with Crippen molar-refractivity contribution < 1.29 is 4.79 Å². The van der Waals surface area contributed by atoms with Crippen molar-refractivity contribution in [3.63, 3.8) is 0 Å². The number of unbranched alkanes of at least 4 members (excludes halogenated alkanes) is 1. The lowest BCUT2D eigenvalue weighted by Gasteiger charge is -2.13. The van der Waals surface area contributed by atoms with Gasteiger partial charge >= 0.3 is 0 Å². The molecule has 19 heavy (non-hydrogen) atoms. The molecule has 2 saturated heterocycles. The number of hydrogen-bond donors (Lipinski definition) is 0. The summed E-state index contributed by atoms with van der Waals surface area (Å²) in [5.41, 5.74) is 0. The molecule has 104 valence electrons. The molecule has 2 rings (SSSR count). The van der Waals surface area contributed by atoms with Gasteiger partial charge in [-0.15, -0.1) is 11.8 Å². The second-order valence-corrected chi connectivity index (χ2v) is 7.28. The van der Waals surface area contributed by atoms with Gasteiger partial charge in [0.05, 0.1) is 9.93 Å². The first-order valence-corrected chi connectivity index (χ1v) is 8.64. The predicted octanol–water partition coefficient (Wildman–Crippen LogP) is 3.05. The Hall–Kier alpha value is -0.460. The number of allylic oxidation sites excluding steroid dienone is 2. The molecule has 6 heteroatoms. The molecule has 0 bridgehead atoms. The number of thiocarbonyl (C=S) groups is 1. The van der Waals surface area contributed by atoms with E-state index in [-0.39, 0.29) is 5.91 Å². The van der Waals surface area contributed by atoms with Gasteiger partial charge in [0.15, 0.2) is 0 Å². The van der Waals surface area contributed by atoms with E-state index in [1.807, 2.05) is 23.9 Å². The Balaban J connectivity index is 2.05. The first kappa shape index (κ1) is 14.9. The fourth-order valence-electron chi connectivity index (χ4n) is 1.85. The molecule has 2 fully saturated rings. The van der Waals surface area contributed by atoms with E-state index in [9.17, 15) is 4.79 Å². The molecule has 0 atom stereocenters. The smallest absolute Gasteiger partial charge is 0.266 e. The SMILES string of the molecule is CCCCN1C(=O)/C(=C/C=C2\SCCN2C)SC1=S. The molecule has 2 aliphatic heterocycles. The summed E-state index contributed by atoms with van der Waals surface area (Å²) in [6.45, 7) is 3.93. The van der Waals surface area contributed by atoms with Gasteiger partial charge in [-0.05, 0) is 18.6 Å². The van der Waals surface area contributed by atoms with Crippen LogP contribution >= 0.6 is 35.7 Å². The Morgan fingerprint density at radius 3 is 2.84 bits per heavy atom. The van der Waals surface area contributed by atoms with Gasteiger partial charge in [-0.25, -0.2) is 0 Å². The van der Waals surface area contributed by atoms with Gasteiger partial charge in [0.2, 0.25) is 0 Å². The summed E-state index contributed by atoms with van der Waals surface area (Å²) in [4.78, 5) is 16.9. The van der Waals surface area contributed by atoms with E-state index < -0.39 is 0 Å². The molecule has 0 aliphatic carbocycles. The van der Waals surface area contributed by atoms with Gasteiger partial charge in [0.1, 0.15) is 4.32 Å². The van der Waals surface area contributed by atoms with Crippen molar-refractivity contribution in [2.45, 2.75) is 19.8 Å². The number of carbonyl (C=O) groups is 1. The molecule has 0 N–H and O–H groups in total. The summed E-state index contributed by atoms with van der Waals surface area (Å²) in [5, 5.41) is 1.22. The lowest BCUT2D eigenvalue weighted by atomic mass is 10.3. The minimum absolute atomic E-state index is 0.0611. The second-order valence-electron chi connectivity index (χ2n) is 4.48. The van der Waals surface area contributed by atoms with Crippen LogP contribution in [0.4, 0.5) is 0 Å². The largest absolute Gasteiger partial charge is 0.369 e. The number of rotatable bonds is 4. The normalized spacial score (nSPS) is 24.3. The Kier molecular flexibility index (Phi) is 5.36. The highest BCUT2D eigenvalue weighted by Crippen LogP contribution is 2.32. The third-order valence-electron chi connectivity index (χ3n) is 3.04. The van der Waals surface area contributed by atoms with Gasteiger partial charge in [-0.3, -0.25) is 9.69 Å². The number of thioether (sulfide) groups is 2. The van der Waals surface area contributed by atoms with Crippen molar-refractivity contribution in [3.8, 4) is 0 Å². The average Bonchev–Trinajstić information content (AvgIpc) is 2.90. The zero-order valence-electron chi connectivity index (χ0n) is 11.2. The molecule has 2 heterocycles. The van der Waals surface area contributed by atoms with Crippen LogP contribution in [0.3, 0.4) is 0 Å². The van der Waals surface area contributed by atoms with E-state index >= 15 is 0 Å². The highest BCUT2D eigenvalue weighted by atomic mass is 32.2. The van der Waals surface area contributed by atoms with Crippen LogP contribution in [-0.4, -0.2) is 45.9 Å². The molecule has 1 amide bonds. The molecule has 0 saturated carbocycles. The molecule has 3 nitrogen and oxygen atoms in total. The second kappa shape index (κ2) is 6.81. The van der Waals surface area contributed by atoms with E-state index in [4.69, 9.17) is 12.2 Å². The molecule has 0 aromatic carbocycles. The lowest BCUT2D eigenvalue weighted by Crippen LogP contribution is -2.28. The maximum atomic E-state index is 12.2. The Morgan fingerprint density at radius 2 is 2.21 bits per heavy atom. The summed E-state index contributed by atoms with van der Waals surface area (Å²) in [5.74, 6) is 1.18. The topological polar surface area (TPSA) is 23.6 Å². The maximum absolute atomic E-state index is 12.2. The number of hydrogen-bond acceptors (Lipinski definition) is 5. The first-order valence-electron chi connectivity index (χ1n) is 6.43. The summed E-state index contributed by atoms with van der Waals surface area (Å²) < 4.78 is 0.690. The zero-order chi connectivity index (χ0) is 13.8. The number of carbonyl (C=O) groups excluding carboxylic acids is 1. The number of nitrogens with zero attached hydrogens (tertiary/aromatic N) is 2. The van der Waals surface area contributed by atoms with Crippen molar-refractivity contribution in [1.82, 2.24) is 9.80 Å². The van der Waals surface area contributed by atoms with E-state index in [1.54, 1.807) is 4.90 Å².